The number of nitrogens with one attached hydrogen (secondary N) is 1. The number of imide groups is 1. The molecule has 210 valence electrons. The molecule has 0 bridgehead atoms. The Morgan fingerprint density at radius 3 is 2.65 bits per heavy atom. The van der Waals surface area contributed by atoms with Crippen molar-refractivity contribution in [1.82, 2.24) is 25.0 Å². The molecule has 2 aliphatic rings. The minimum atomic E-state index is -0.857. The van der Waals surface area contributed by atoms with E-state index in [1.165, 1.54) is 24.6 Å². The average molecular weight is 550 g/mol. The van der Waals surface area contributed by atoms with Gasteiger partial charge in [0.2, 0.25) is 5.91 Å². The van der Waals surface area contributed by atoms with Gasteiger partial charge in [0.1, 0.15) is 11.4 Å². The normalized spacial score (nSPS) is 17.6. The quantitative estimate of drug-likeness (QED) is 0.436. The molecule has 0 aromatic carbocycles. The van der Waals surface area contributed by atoms with E-state index in [-0.39, 0.29) is 52.3 Å². The van der Waals surface area contributed by atoms with Crippen molar-refractivity contribution in [3.05, 3.63) is 53.3 Å². The van der Waals surface area contributed by atoms with Gasteiger partial charge < -0.3 is 15.0 Å². The number of allylic oxidation sites excluding steroid dienone is 3. The number of piperidine rings is 1. The zero-order valence-corrected chi connectivity index (χ0v) is 23.2. The highest BCUT2D eigenvalue weighted by molar-refractivity contribution is 6.08. The molecule has 1 N–H and O–H groups in total. The summed E-state index contributed by atoms with van der Waals surface area (Å²) in [5.74, 6) is -0.961. The van der Waals surface area contributed by atoms with Crippen LogP contribution in [0.15, 0.2) is 36.3 Å². The molecule has 0 aliphatic carbocycles. The number of carbonyl (C=O) groups excluding carboxylic acids is 3. The third-order valence-corrected chi connectivity index (χ3v) is 6.50. The van der Waals surface area contributed by atoms with Crippen molar-refractivity contribution in [2.45, 2.75) is 65.6 Å². The summed E-state index contributed by atoms with van der Waals surface area (Å²) in [6, 6.07) is 5.15. The van der Waals surface area contributed by atoms with Gasteiger partial charge in [0.05, 0.1) is 35.3 Å². The summed E-state index contributed by atoms with van der Waals surface area (Å²) < 4.78 is 21.4. The molecule has 2 aromatic rings. The van der Waals surface area contributed by atoms with E-state index in [0.29, 0.717) is 12.4 Å². The monoisotopic (exact) mass is 549 g/mol. The van der Waals surface area contributed by atoms with E-state index in [2.05, 4.69) is 22.0 Å². The van der Waals surface area contributed by atoms with Crippen LogP contribution >= 0.6 is 0 Å². The van der Waals surface area contributed by atoms with Crippen LogP contribution in [0.2, 0.25) is 0 Å². The van der Waals surface area contributed by atoms with Gasteiger partial charge in [-0.15, -0.1) is 0 Å². The van der Waals surface area contributed by atoms with E-state index >= 15 is 0 Å². The first-order chi connectivity index (χ1) is 18.8. The Bertz CT molecular complexity index is 1460. The minimum absolute atomic E-state index is 0.0191. The first-order valence-corrected chi connectivity index (χ1v) is 12.9. The predicted molar refractivity (Wildman–Crippen MR) is 145 cm³/mol. The number of rotatable bonds is 5. The fourth-order valence-corrected chi connectivity index (χ4v) is 4.86. The Morgan fingerprint density at radius 1 is 1.30 bits per heavy atom. The highest BCUT2D eigenvalue weighted by Crippen LogP contribution is 2.34. The Kier molecular flexibility index (Phi) is 7.77. The van der Waals surface area contributed by atoms with Crippen molar-refractivity contribution in [3.63, 3.8) is 0 Å². The number of nitrogens with zero attached hydrogens (tertiary/aromatic N) is 6. The molecule has 12 heteroatoms. The molecule has 11 nitrogen and oxygen atoms in total. The molecule has 1 saturated heterocycles. The van der Waals surface area contributed by atoms with Gasteiger partial charge >= 0.3 is 6.09 Å². The third-order valence-electron chi connectivity index (χ3n) is 6.50. The highest BCUT2D eigenvalue weighted by atomic mass is 19.1. The number of fused-ring (bicyclic) bond motifs is 1. The van der Waals surface area contributed by atoms with Crippen molar-refractivity contribution in [2.24, 2.45) is 0 Å². The number of carbonyl (C=O) groups is 3. The Morgan fingerprint density at radius 2 is 2.02 bits per heavy atom. The van der Waals surface area contributed by atoms with Gasteiger partial charge in [-0.2, -0.15) is 10.4 Å². The van der Waals surface area contributed by atoms with Crippen LogP contribution in [-0.4, -0.2) is 62.3 Å². The Hall–Kier alpha value is -4.53. The topological polar surface area (TPSA) is 133 Å². The Labute approximate surface area is 231 Å². The molecule has 0 saturated carbocycles. The Balaban J connectivity index is 1.79. The lowest BCUT2D eigenvalue weighted by atomic mass is 10.0. The van der Waals surface area contributed by atoms with Crippen molar-refractivity contribution < 1.29 is 23.5 Å². The van der Waals surface area contributed by atoms with Crippen molar-refractivity contribution in [1.29, 1.82) is 5.26 Å². The van der Waals surface area contributed by atoms with E-state index < -0.39 is 23.4 Å². The standard InChI is InChI=1S/C28H32FN7O4/c1-16(13-30)24(17(2)29)20-12-22(25-21(32-20)15-35(26(25)38)27(39)40-28(4,5)6)36-11-9-23(33-36)34-10-7-8-19(14-34)31-18(3)37/h9,11-12,19H,2,7-8,10,14-15H2,1,3-6H3,(H,31,37)/b24-16-. The first-order valence-electron chi connectivity index (χ1n) is 12.9. The van der Waals surface area contributed by atoms with Crippen LogP contribution in [0.3, 0.4) is 0 Å². The molecule has 0 radical (unpaired) electrons. The highest BCUT2D eigenvalue weighted by Gasteiger charge is 2.39. The van der Waals surface area contributed by atoms with Crippen LogP contribution in [0.4, 0.5) is 15.0 Å². The number of amides is 3. The lowest BCUT2D eigenvalue weighted by molar-refractivity contribution is -0.119. The SMILES string of the molecule is C=C(F)/C(=C(\C)C#N)c1cc(-n2ccc(N3CCCC(NC(C)=O)C3)n2)c2c(n1)CN(C(=O)OC(C)(C)C)C2=O. The number of halogens is 1. The number of aromatic nitrogens is 3. The van der Waals surface area contributed by atoms with E-state index in [0.717, 1.165) is 24.3 Å². The van der Waals surface area contributed by atoms with Crippen molar-refractivity contribution >= 4 is 29.3 Å². The van der Waals surface area contributed by atoms with E-state index in [4.69, 9.17) is 4.74 Å². The average Bonchev–Trinajstić information content (AvgIpc) is 3.47. The maximum Gasteiger partial charge on any atom is 0.417 e. The molecule has 40 heavy (non-hydrogen) atoms. The number of anilines is 1. The van der Waals surface area contributed by atoms with Crippen molar-refractivity contribution in [3.8, 4) is 11.8 Å². The molecular weight excluding hydrogens is 517 g/mol. The molecule has 1 fully saturated rings. The second-order valence-corrected chi connectivity index (χ2v) is 10.8. The zero-order chi connectivity index (χ0) is 29.4. The number of hydrogen-bond acceptors (Lipinski definition) is 8. The third kappa shape index (κ3) is 5.88. The first kappa shape index (κ1) is 28.5. The van der Waals surface area contributed by atoms with Crippen LogP contribution in [0.5, 0.6) is 0 Å². The minimum Gasteiger partial charge on any atom is -0.443 e. The number of pyridine rings is 1. The molecule has 3 amide bonds. The molecule has 4 heterocycles. The fraction of sp³-hybridized carbons (Fsp3) is 0.429. The van der Waals surface area contributed by atoms with Crippen LogP contribution in [0.25, 0.3) is 11.3 Å². The predicted octanol–water partition coefficient (Wildman–Crippen LogP) is 4.04. The largest absolute Gasteiger partial charge is 0.443 e. The smallest absolute Gasteiger partial charge is 0.417 e. The number of hydrogen-bond donors (Lipinski definition) is 1. The molecule has 0 spiro atoms. The van der Waals surface area contributed by atoms with Gasteiger partial charge in [-0.1, -0.05) is 6.58 Å². The molecule has 1 unspecified atom stereocenters. The van der Waals surface area contributed by atoms with Gasteiger partial charge in [-0.25, -0.2) is 23.8 Å². The van der Waals surface area contributed by atoms with E-state index in [1.807, 2.05) is 11.0 Å². The second kappa shape index (κ2) is 10.9. The van der Waals surface area contributed by atoms with Gasteiger partial charge in [-0.05, 0) is 46.6 Å². The molecule has 4 rings (SSSR count). The lowest BCUT2D eigenvalue weighted by Crippen LogP contribution is -2.47. The van der Waals surface area contributed by atoms with Gasteiger partial charge in [-0.3, -0.25) is 9.59 Å². The van der Waals surface area contributed by atoms with Crippen LogP contribution in [0, 0.1) is 11.3 Å². The maximum atomic E-state index is 14.6. The van der Waals surface area contributed by atoms with E-state index in [1.54, 1.807) is 33.0 Å². The van der Waals surface area contributed by atoms with Crippen LogP contribution < -0.4 is 10.2 Å². The van der Waals surface area contributed by atoms with Gasteiger partial charge in [0, 0.05) is 49.5 Å². The molecule has 2 aromatic heterocycles. The number of nitriles is 1. The molecular formula is C28H32FN7O4. The molecule has 2 aliphatic heterocycles. The van der Waals surface area contributed by atoms with Gasteiger partial charge in [0.25, 0.3) is 5.91 Å². The summed E-state index contributed by atoms with van der Waals surface area (Å²) in [5, 5.41) is 17.1. The summed E-state index contributed by atoms with van der Waals surface area (Å²) in [6.45, 7) is 12.5. The van der Waals surface area contributed by atoms with E-state index in [9.17, 15) is 24.0 Å². The summed E-state index contributed by atoms with van der Waals surface area (Å²) in [4.78, 5) is 45.4. The van der Waals surface area contributed by atoms with Gasteiger partial charge in [0.15, 0.2) is 5.82 Å². The van der Waals surface area contributed by atoms with Crippen molar-refractivity contribution in [2.75, 3.05) is 18.0 Å². The fourth-order valence-electron chi connectivity index (χ4n) is 4.86. The summed E-state index contributed by atoms with van der Waals surface area (Å²) in [7, 11) is 0. The number of ether oxygens (including phenoxy) is 1. The summed E-state index contributed by atoms with van der Waals surface area (Å²) in [5.41, 5.74) is -0.193. The maximum absolute atomic E-state index is 14.6. The summed E-state index contributed by atoms with van der Waals surface area (Å²) >= 11 is 0. The van der Waals surface area contributed by atoms with Crippen LogP contribution in [0.1, 0.15) is 69.2 Å². The van der Waals surface area contributed by atoms with Crippen LogP contribution in [-0.2, 0) is 16.1 Å². The lowest BCUT2D eigenvalue weighted by Gasteiger charge is -2.33. The second-order valence-electron chi connectivity index (χ2n) is 10.8. The molecule has 1 atom stereocenters. The summed E-state index contributed by atoms with van der Waals surface area (Å²) in [6.07, 6.45) is 2.54. The zero-order valence-electron chi connectivity index (χ0n) is 23.2.